The highest BCUT2D eigenvalue weighted by molar-refractivity contribution is 9.09. The Morgan fingerprint density at radius 2 is 1.27 bits per heavy atom. The number of hydrogen-bond acceptors (Lipinski definition) is 0. The number of hydrogen-bond donors (Lipinski definition) is 0. The summed E-state index contributed by atoms with van der Waals surface area (Å²) in [5.74, 6) is 0.787. The predicted molar refractivity (Wildman–Crippen MR) is 74.8 cm³/mol. The van der Waals surface area contributed by atoms with E-state index in [0.717, 1.165) is 10.7 Å². The Balaban J connectivity index is 3.05. The monoisotopic (exact) mass is 276 g/mol. The number of unbranched alkanes of at least 4 members (excludes halogenated alkanes) is 7. The second-order valence-corrected chi connectivity index (χ2v) is 6.20. The van der Waals surface area contributed by atoms with Crippen LogP contribution >= 0.6 is 15.9 Å². The quantitative estimate of drug-likeness (QED) is 0.342. The van der Waals surface area contributed by atoms with E-state index in [4.69, 9.17) is 0 Å². The molecule has 15 heavy (non-hydrogen) atoms. The Kier molecular flexibility index (Phi) is 11.3. The molecule has 0 aliphatic heterocycles. The van der Waals surface area contributed by atoms with Gasteiger partial charge in [0, 0.05) is 4.83 Å². The number of halogens is 1. The largest absolute Gasteiger partial charge is 0.0888 e. The van der Waals surface area contributed by atoms with Crippen molar-refractivity contribution in [3.8, 4) is 0 Å². The van der Waals surface area contributed by atoms with Gasteiger partial charge >= 0.3 is 0 Å². The van der Waals surface area contributed by atoms with Crippen molar-refractivity contribution in [3.05, 3.63) is 0 Å². The maximum atomic E-state index is 3.75. The van der Waals surface area contributed by atoms with Gasteiger partial charge in [0.1, 0.15) is 0 Å². The molecule has 0 fully saturated rings. The molecule has 0 N–H and O–H groups in total. The highest BCUT2D eigenvalue weighted by atomic mass is 79.9. The van der Waals surface area contributed by atoms with E-state index in [2.05, 4.69) is 36.7 Å². The Hall–Kier alpha value is 0.480. The molecule has 0 bridgehead atoms. The van der Waals surface area contributed by atoms with Crippen LogP contribution in [0, 0.1) is 5.92 Å². The van der Waals surface area contributed by atoms with E-state index < -0.39 is 0 Å². The molecule has 1 unspecified atom stereocenters. The molecule has 0 saturated carbocycles. The lowest BCUT2D eigenvalue weighted by Crippen LogP contribution is -2.06. The fraction of sp³-hybridized carbons (Fsp3) is 1.00. The Morgan fingerprint density at radius 3 is 1.73 bits per heavy atom. The molecule has 0 aromatic rings. The molecule has 0 rings (SSSR count). The molecular weight excluding hydrogens is 248 g/mol. The van der Waals surface area contributed by atoms with Gasteiger partial charge in [-0.1, -0.05) is 88.1 Å². The van der Waals surface area contributed by atoms with E-state index in [1.54, 1.807) is 0 Å². The molecule has 0 radical (unpaired) electrons. The third-order valence-electron chi connectivity index (χ3n) is 3.06. The highest BCUT2D eigenvalue weighted by Crippen LogP contribution is 2.19. The van der Waals surface area contributed by atoms with Crippen molar-refractivity contribution in [2.45, 2.75) is 83.4 Å². The average Bonchev–Trinajstić information content (AvgIpc) is 2.21. The first-order chi connectivity index (χ1) is 7.18. The van der Waals surface area contributed by atoms with Crippen LogP contribution in [0.25, 0.3) is 0 Å². The van der Waals surface area contributed by atoms with Gasteiger partial charge in [0.2, 0.25) is 0 Å². The van der Waals surface area contributed by atoms with Crippen molar-refractivity contribution in [1.29, 1.82) is 0 Å². The van der Waals surface area contributed by atoms with Crippen LogP contribution in [0.5, 0.6) is 0 Å². The second kappa shape index (κ2) is 11.0. The maximum Gasteiger partial charge on any atom is 0.0168 e. The van der Waals surface area contributed by atoms with Crippen molar-refractivity contribution in [3.63, 3.8) is 0 Å². The zero-order valence-corrected chi connectivity index (χ0v) is 12.5. The maximum absolute atomic E-state index is 3.75. The normalized spacial score (nSPS) is 13.4. The van der Waals surface area contributed by atoms with Crippen LogP contribution in [0.15, 0.2) is 0 Å². The molecule has 0 saturated heterocycles. The van der Waals surface area contributed by atoms with Crippen molar-refractivity contribution in [1.82, 2.24) is 0 Å². The number of alkyl halides is 1. The summed E-state index contributed by atoms with van der Waals surface area (Å²) in [6.07, 6.45) is 12.8. The predicted octanol–water partition coefficient (Wildman–Crippen LogP) is 5.94. The van der Waals surface area contributed by atoms with Gasteiger partial charge in [-0.15, -0.1) is 0 Å². The van der Waals surface area contributed by atoms with E-state index in [1.165, 1.54) is 57.8 Å². The lowest BCUT2D eigenvalue weighted by atomic mass is 10.0. The van der Waals surface area contributed by atoms with Crippen LogP contribution in [-0.4, -0.2) is 4.83 Å². The Bertz CT molecular complexity index is 121. The SMILES string of the molecule is CCCCCCCCCCC(Br)C(C)C. The first kappa shape index (κ1) is 15.5. The van der Waals surface area contributed by atoms with E-state index >= 15 is 0 Å². The van der Waals surface area contributed by atoms with Crippen LogP contribution in [0.3, 0.4) is 0 Å². The Morgan fingerprint density at radius 1 is 0.800 bits per heavy atom. The molecule has 0 aliphatic rings. The summed E-state index contributed by atoms with van der Waals surface area (Å²) in [7, 11) is 0. The van der Waals surface area contributed by atoms with Crippen LogP contribution in [-0.2, 0) is 0 Å². The minimum Gasteiger partial charge on any atom is -0.0888 e. The van der Waals surface area contributed by atoms with Gasteiger partial charge < -0.3 is 0 Å². The second-order valence-electron chi connectivity index (χ2n) is 5.02. The van der Waals surface area contributed by atoms with Gasteiger partial charge in [-0.25, -0.2) is 0 Å². The molecule has 92 valence electrons. The van der Waals surface area contributed by atoms with Gasteiger partial charge in [0.25, 0.3) is 0 Å². The van der Waals surface area contributed by atoms with Gasteiger partial charge in [-0.2, -0.15) is 0 Å². The molecule has 1 heteroatoms. The molecule has 1 atom stereocenters. The fourth-order valence-electron chi connectivity index (χ4n) is 1.81. The zero-order chi connectivity index (χ0) is 11.5. The molecule has 0 nitrogen and oxygen atoms in total. The first-order valence-corrected chi connectivity index (χ1v) is 7.74. The summed E-state index contributed by atoms with van der Waals surface area (Å²) in [6.45, 7) is 6.87. The average molecular weight is 277 g/mol. The van der Waals surface area contributed by atoms with Gasteiger partial charge in [-0.05, 0) is 12.3 Å². The summed E-state index contributed by atoms with van der Waals surface area (Å²) in [6, 6.07) is 0. The van der Waals surface area contributed by atoms with Crippen LogP contribution in [0.2, 0.25) is 0 Å². The molecule has 0 aromatic heterocycles. The fourth-order valence-corrected chi connectivity index (χ4v) is 2.13. The Labute approximate surface area is 105 Å². The van der Waals surface area contributed by atoms with Gasteiger partial charge in [0.05, 0.1) is 0 Å². The molecule has 0 amide bonds. The summed E-state index contributed by atoms with van der Waals surface area (Å²) < 4.78 is 0. The zero-order valence-electron chi connectivity index (χ0n) is 10.9. The minimum atomic E-state index is 0.734. The summed E-state index contributed by atoms with van der Waals surface area (Å²) in [5.41, 5.74) is 0. The van der Waals surface area contributed by atoms with Crippen LogP contribution < -0.4 is 0 Å². The lowest BCUT2D eigenvalue weighted by molar-refractivity contribution is 0.523. The topological polar surface area (TPSA) is 0 Å². The van der Waals surface area contributed by atoms with E-state index in [1.807, 2.05) is 0 Å². The van der Waals surface area contributed by atoms with Crippen LogP contribution in [0.4, 0.5) is 0 Å². The van der Waals surface area contributed by atoms with Gasteiger partial charge in [-0.3, -0.25) is 0 Å². The van der Waals surface area contributed by atoms with Crippen molar-refractivity contribution >= 4 is 15.9 Å². The summed E-state index contributed by atoms with van der Waals surface area (Å²) in [4.78, 5) is 0.734. The smallest absolute Gasteiger partial charge is 0.0168 e. The van der Waals surface area contributed by atoms with Gasteiger partial charge in [0.15, 0.2) is 0 Å². The van der Waals surface area contributed by atoms with E-state index in [-0.39, 0.29) is 0 Å². The standard InChI is InChI=1S/C14H29Br/c1-4-5-6-7-8-9-10-11-12-14(15)13(2)3/h13-14H,4-12H2,1-3H3. The molecule has 0 aromatic carbocycles. The van der Waals surface area contributed by atoms with Crippen LogP contribution in [0.1, 0.15) is 78.6 Å². The van der Waals surface area contributed by atoms with Crippen molar-refractivity contribution < 1.29 is 0 Å². The van der Waals surface area contributed by atoms with Crippen molar-refractivity contribution in [2.75, 3.05) is 0 Å². The van der Waals surface area contributed by atoms with E-state index in [9.17, 15) is 0 Å². The lowest BCUT2D eigenvalue weighted by Gasteiger charge is -2.12. The highest BCUT2D eigenvalue weighted by Gasteiger charge is 2.07. The van der Waals surface area contributed by atoms with E-state index in [0.29, 0.717) is 0 Å². The summed E-state index contributed by atoms with van der Waals surface area (Å²) in [5, 5.41) is 0. The molecule has 0 spiro atoms. The van der Waals surface area contributed by atoms with Crippen molar-refractivity contribution in [2.24, 2.45) is 5.92 Å². The number of rotatable bonds is 10. The first-order valence-electron chi connectivity index (χ1n) is 6.82. The molecule has 0 heterocycles. The third kappa shape index (κ3) is 10.8. The molecular formula is C14H29Br. The third-order valence-corrected chi connectivity index (χ3v) is 4.57. The summed E-state index contributed by atoms with van der Waals surface area (Å²) >= 11 is 3.75. The minimum absolute atomic E-state index is 0.734. The molecule has 0 aliphatic carbocycles.